The van der Waals surface area contributed by atoms with Gasteiger partial charge < -0.3 is 14.4 Å². The van der Waals surface area contributed by atoms with Crippen LogP contribution in [0.25, 0.3) is 0 Å². The third-order valence-corrected chi connectivity index (χ3v) is 9.79. The van der Waals surface area contributed by atoms with E-state index in [1.54, 1.807) is 37.4 Å². The zero-order chi connectivity index (χ0) is 27.1. The highest BCUT2D eigenvalue weighted by Crippen LogP contribution is 2.32. The topological polar surface area (TPSA) is 79.4 Å². The second-order valence-corrected chi connectivity index (χ2v) is 12.2. The van der Waals surface area contributed by atoms with E-state index in [1.807, 2.05) is 11.0 Å². The number of amides is 1. The van der Waals surface area contributed by atoms with Crippen LogP contribution in [0.5, 0.6) is 5.75 Å². The van der Waals surface area contributed by atoms with Crippen LogP contribution < -0.4 is 4.74 Å². The summed E-state index contributed by atoms with van der Waals surface area (Å²) in [5, 5.41) is 0. The van der Waals surface area contributed by atoms with Crippen molar-refractivity contribution in [3.05, 3.63) is 59.2 Å². The summed E-state index contributed by atoms with van der Waals surface area (Å²) in [5.74, 6) is 0.617. The molecule has 0 radical (unpaired) electrons. The van der Waals surface area contributed by atoms with Crippen LogP contribution in [0.2, 0.25) is 0 Å². The Morgan fingerprint density at radius 2 is 1.68 bits per heavy atom. The second-order valence-electron chi connectivity index (χ2n) is 10.4. The fourth-order valence-electron chi connectivity index (χ4n) is 5.60. The van der Waals surface area contributed by atoms with Crippen LogP contribution in [0.4, 0.5) is 0 Å². The molecule has 2 aliphatic heterocycles. The van der Waals surface area contributed by atoms with E-state index >= 15 is 0 Å². The Morgan fingerprint density at radius 3 is 2.39 bits per heavy atom. The molecule has 0 spiro atoms. The summed E-state index contributed by atoms with van der Waals surface area (Å²) in [6, 6.07) is 13.6. The molecule has 0 N–H and O–H groups in total. The van der Waals surface area contributed by atoms with Gasteiger partial charge in [-0.2, -0.15) is 4.31 Å². The molecule has 2 heterocycles. The molecule has 2 aliphatic rings. The Kier molecular flexibility index (Phi) is 9.81. The summed E-state index contributed by atoms with van der Waals surface area (Å²) >= 11 is 0. The lowest BCUT2D eigenvalue weighted by atomic mass is 10.1. The number of piperidine rings is 1. The molecule has 0 bridgehead atoms. The van der Waals surface area contributed by atoms with E-state index in [0.29, 0.717) is 41.4 Å². The van der Waals surface area contributed by atoms with Gasteiger partial charge in [-0.25, -0.2) is 8.42 Å². The molecule has 4 rings (SSSR count). The van der Waals surface area contributed by atoms with Gasteiger partial charge in [-0.05, 0) is 61.9 Å². The number of carbonyl (C=O) groups is 1. The van der Waals surface area contributed by atoms with E-state index in [0.717, 1.165) is 45.3 Å². The largest absolute Gasteiger partial charge is 0.497 e. The standard InChI is InChI=1S/C29H41N3O5S/c1-23-18-27(36-3)19-24(2)29(23)38(34,35)32-15-8-7-12-26(32)21-37-22-28(33)31-14-9-13-30(16-17-31)20-25-10-5-4-6-11-25/h4-6,10-11,18-19,26H,7-9,12-17,20-22H2,1-3H3. The number of carbonyl (C=O) groups excluding carboxylic acids is 1. The summed E-state index contributed by atoms with van der Waals surface area (Å²) in [6.45, 7) is 8.32. The summed E-state index contributed by atoms with van der Waals surface area (Å²) in [5.41, 5.74) is 2.62. The van der Waals surface area contributed by atoms with Gasteiger partial charge in [-0.1, -0.05) is 36.8 Å². The number of ether oxygens (including phenoxy) is 2. The van der Waals surface area contributed by atoms with Crippen molar-refractivity contribution in [2.75, 3.05) is 53.0 Å². The summed E-state index contributed by atoms with van der Waals surface area (Å²) in [6.07, 6.45) is 3.40. The maximum absolute atomic E-state index is 13.7. The van der Waals surface area contributed by atoms with Crippen LogP contribution in [-0.2, 0) is 26.1 Å². The van der Waals surface area contributed by atoms with Crippen LogP contribution >= 0.6 is 0 Å². The second kappa shape index (κ2) is 13.1. The highest BCUT2D eigenvalue weighted by atomic mass is 32.2. The van der Waals surface area contributed by atoms with Gasteiger partial charge in [-0.15, -0.1) is 0 Å². The Labute approximate surface area is 227 Å². The predicted molar refractivity (Wildman–Crippen MR) is 148 cm³/mol. The molecule has 1 unspecified atom stereocenters. The number of hydrogen-bond acceptors (Lipinski definition) is 6. The lowest BCUT2D eigenvalue weighted by Crippen LogP contribution is -2.47. The zero-order valence-electron chi connectivity index (χ0n) is 22.9. The molecule has 2 fully saturated rings. The van der Waals surface area contributed by atoms with Crippen LogP contribution in [0.15, 0.2) is 47.4 Å². The Bertz CT molecular complexity index is 1160. The van der Waals surface area contributed by atoms with E-state index in [-0.39, 0.29) is 25.2 Å². The molecular weight excluding hydrogens is 502 g/mol. The number of methoxy groups -OCH3 is 1. The van der Waals surface area contributed by atoms with E-state index in [9.17, 15) is 13.2 Å². The molecule has 2 saturated heterocycles. The molecule has 8 nitrogen and oxygen atoms in total. The maximum Gasteiger partial charge on any atom is 0.248 e. The molecule has 208 valence electrons. The third-order valence-electron chi connectivity index (χ3n) is 7.54. The number of nitrogens with zero attached hydrogens (tertiary/aromatic N) is 3. The fraction of sp³-hybridized carbons (Fsp3) is 0.552. The maximum atomic E-state index is 13.7. The number of rotatable bonds is 9. The van der Waals surface area contributed by atoms with Crippen LogP contribution in [0.3, 0.4) is 0 Å². The van der Waals surface area contributed by atoms with Crippen molar-refractivity contribution in [3.63, 3.8) is 0 Å². The quantitative estimate of drug-likeness (QED) is 0.481. The molecule has 1 amide bonds. The first-order chi connectivity index (χ1) is 18.3. The van der Waals surface area contributed by atoms with Crippen molar-refractivity contribution < 1.29 is 22.7 Å². The fourth-order valence-corrected chi connectivity index (χ4v) is 7.70. The summed E-state index contributed by atoms with van der Waals surface area (Å²) in [7, 11) is -2.13. The highest BCUT2D eigenvalue weighted by Gasteiger charge is 2.35. The van der Waals surface area contributed by atoms with Crippen molar-refractivity contribution in [1.82, 2.24) is 14.1 Å². The molecular formula is C29H41N3O5S. The SMILES string of the molecule is COc1cc(C)c(S(=O)(=O)N2CCCCC2COCC(=O)N2CCCN(Cc3ccccc3)CC2)c(C)c1. The van der Waals surface area contributed by atoms with E-state index in [2.05, 4.69) is 29.2 Å². The number of aryl methyl sites for hydroxylation is 2. The van der Waals surface area contributed by atoms with Gasteiger partial charge in [0.05, 0.1) is 18.6 Å². The minimum absolute atomic E-state index is 0.0241. The first-order valence-electron chi connectivity index (χ1n) is 13.6. The van der Waals surface area contributed by atoms with Gasteiger partial charge in [0.15, 0.2) is 0 Å². The van der Waals surface area contributed by atoms with E-state index in [1.165, 1.54) is 5.56 Å². The molecule has 0 aliphatic carbocycles. The number of sulfonamides is 1. The van der Waals surface area contributed by atoms with Gasteiger partial charge in [0.2, 0.25) is 15.9 Å². The molecule has 0 saturated carbocycles. The van der Waals surface area contributed by atoms with Crippen molar-refractivity contribution in [2.45, 2.75) is 57.0 Å². The molecule has 9 heteroatoms. The normalized spacial score (nSPS) is 19.8. The van der Waals surface area contributed by atoms with E-state index < -0.39 is 10.0 Å². The van der Waals surface area contributed by atoms with Crippen molar-refractivity contribution in [3.8, 4) is 5.75 Å². The molecule has 2 aromatic rings. The van der Waals surface area contributed by atoms with Crippen molar-refractivity contribution in [1.29, 1.82) is 0 Å². The summed E-state index contributed by atoms with van der Waals surface area (Å²) in [4.78, 5) is 17.6. The van der Waals surface area contributed by atoms with E-state index in [4.69, 9.17) is 9.47 Å². The summed E-state index contributed by atoms with van der Waals surface area (Å²) < 4.78 is 40.2. The van der Waals surface area contributed by atoms with Gasteiger partial charge >= 0.3 is 0 Å². The number of hydrogen-bond donors (Lipinski definition) is 0. The lowest BCUT2D eigenvalue weighted by Gasteiger charge is -2.35. The molecule has 1 atom stereocenters. The smallest absolute Gasteiger partial charge is 0.248 e. The third kappa shape index (κ3) is 6.94. The number of benzene rings is 2. The molecule has 38 heavy (non-hydrogen) atoms. The molecule has 2 aromatic carbocycles. The minimum atomic E-state index is -3.71. The van der Waals surface area contributed by atoms with Gasteiger partial charge in [0.25, 0.3) is 0 Å². The monoisotopic (exact) mass is 543 g/mol. The average molecular weight is 544 g/mol. The Hall–Kier alpha value is -2.46. The van der Waals surface area contributed by atoms with Gasteiger partial charge in [0.1, 0.15) is 12.4 Å². The average Bonchev–Trinajstić information content (AvgIpc) is 3.14. The van der Waals surface area contributed by atoms with Gasteiger partial charge in [-0.3, -0.25) is 9.69 Å². The highest BCUT2D eigenvalue weighted by molar-refractivity contribution is 7.89. The first kappa shape index (κ1) is 28.5. The lowest BCUT2D eigenvalue weighted by molar-refractivity contribution is -0.136. The predicted octanol–water partition coefficient (Wildman–Crippen LogP) is 3.61. The molecule has 0 aromatic heterocycles. The van der Waals surface area contributed by atoms with Gasteiger partial charge in [0, 0.05) is 45.3 Å². The zero-order valence-corrected chi connectivity index (χ0v) is 23.7. The van der Waals surface area contributed by atoms with Crippen molar-refractivity contribution in [2.24, 2.45) is 0 Å². The van der Waals surface area contributed by atoms with Crippen LogP contribution in [-0.4, -0.2) is 87.5 Å². The Morgan fingerprint density at radius 1 is 0.947 bits per heavy atom. The first-order valence-corrected chi connectivity index (χ1v) is 15.0. The van der Waals surface area contributed by atoms with Crippen LogP contribution in [0, 0.1) is 13.8 Å². The minimum Gasteiger partial charge on any atom is -0.497 e. The van der Waals surface area contributed by atoms with Crippen LogP contribution in [0.1, 0.15) is 42.4 Å². The Balaban J connectivity index is 1.32. The van der Waals surface area contributed by atoms with Crippen molar-refractivity contribution >= 4 is 15.9 Å².